The lowest BCUT2D eigenvalue weighted by molar-refractivity contribution is 0.601. The number of sulfonamides is 1. The first-order valence-corrected chi connectivity index (χ1v) is 8.74. The fraction of sp³-hybridized carbons (Fsp3) is 0.0769. The van der Waals surface area contributed by atoms with Gasteiger partial charge in [-0.2, -0.15) is 0 Å². The molecule has 106 valence electrons. The molecule has 0 aliphatic rings. The number of alkyl halides is 1. The third-order valence-corrected chi connectivity index (χ3v) is 5.18. The van der Waals surface area contributed by atoms with Crippen molar-refractivity contribution in [2.75, 3.05) is 4.72 Å². The molecule has 0 aromatic heterocycles. The molecule has 0 aliphatic carbocycles. The molecular formula is C13H10BrCl2NO2S. The van der Waals surface area contributed by atoms with Crippen molar-refractivity contribution in [1.29, 1.82) is 0 Å². The zero-order valence-electron chi connectivity index (χ0n) is 10.1. The molecule has 2 rings (SSSR count). The summed E-state index contributed by atoms with van der Waals surface area (Å²) in [6, 6.07) is 11.5. The van der Waals surface area contributed by atoms with Crippen molar-refractivity contribution < 1.29 is 8.42 Å². The Balaban J connectivity index is 2.35. The molecule has 0 radical (unpaired) electrons. The first-order chi connectivity index (χ1) is 9.42. The van der Waals surface area contributed by atoms with Crippen molar-refractivity contribution >= 4 is 54.8 Å². The van der Waals surface area contributed by atoms with Gasteiger partial charge in [0, 0.05) is 16.0 Å². The van der Waals surface area contributed by atoms with Gasteiger partial charge in [0.25, 0.3) is 10.0 Å². The highest BCUT2D eigenvalue weighted by molar-refractivity contribution is 9.10. The maximum atomic E-state index is 12.3. The molecule has 3 nitrogen and oxygen atoms in total. The summed E-state index contributed by atoms with van der Waals surface area (Å²) in [5.74, 6) is 0.314. The van der Waals surface area contributed by atoms with Crippen molar-refractivity contribution in [3.05, 3.63) is 57.5 Å². The summed E-state index contributed by atoms with van der Waals surface area (Å²) in [7, 11) is -3.73. The highest BCUT2D eigenvalue weighted by Crippen LogP contribution is 2.27. The van der Waals surface area contributed by atoms with Crippen LogP contribution in [0.15, 0.2) is 51.8 Å². The number of anilines is 1. The standard InChI is InChI=1S/C13H10BrCl2NO2S/c14-10-4-5-13(12(16)7-10)20(18,19)17-11-3-1-2-9(6-11)8-15/h1-7,17H,8H2. The Morgan fingerprint density at radius 3 is 2.55 bits per heavy atom. The molecule has 0 amide bonds. The summed E-state index contributed by atoms with van der Waals surface area (Å²) in [6.45, 7) is 0. The minimum absolute atomic E-state index is 0.0265. The molecule has 0 aliphatic heterocycles. The molecule has 0 bridgehead atoms. The SMILES string of the molecule is O=S(=O)(Nc1cccc(CCl)c1)c1ccc(Br)cc1Cl. The van der Waals surface area contributed by atoms with Gasteiger partial charge in [-0.25, -0.2) is 8.42 Å². The Hall–Kier alpha value is -0.750. The summed E-state index contributed by atoms with van der Waals surface area (Å²) < 4.78 is 27.8. The van der Waals surface area contributed by atoms with E-state index in [1.165, 1.54) is 12.1 Å². The smallest absolute Gasteiger partial charge is 0.263 e. The van der Waals surface area contributed by atoms with Gasteiger partial charge in [0.2, 0.25) is 0 Å². The van der Waals surface area contributed by atoms with Crippen LogP contribution >= 0.6 is 39.1 Å². The summed E-state index contributed by atoms with van der Waals surface area (Å²) in [5, 5.41) is 0.153. The van der Waals surface area contributed by atoms with Gasteiger partial charge in [0.15, 0.2) is 0 Å². The van der Waals surface area contributed by atoms with Crippen LogP contribution in [0, 0.1) is 0 Å². The monoisotopic (exact) mass is 393 g/mol. The molecule has 0 saturated heterocycles. The molecule has 2 aromatic carbocycles. The Morgan fingerprint density at radius 1 is 1.15 bits per heavy atom. The summed E-state index contributed by atoms with van der Waals surface area (Å²) in [4.78, 5) is 0.0265. The van der Waals surface area contributed by atoms with E-state index in [1.807, 2.05) is 6.07 Å². The predicted octanol–water partition coefficient (Wildman–Crippen LogP) is 4.64. The first-order valence-electron chi connectivity index (χ1n) is 5.55. The van der Waals surface area contributed by atoms with Gasteiger partial charge in [0.05, 0.1) is 5.02 Å². The molecular weight excluding hydrogens is 385 g/mol. The van der Waals surface area contributed by atoms with E-state index < -0.39 is 10.0 Å². The zero-order chi connectivity index (χ0) is 14.8. The van der Waals surface area contributed by atoms with Crippen molar-refractivity contribution in [2.24, 2.45) is 0 Å². The Labute approximate surface area is 136 Å². The van der Waals surface area contributed by atoms with Gasteiger partial charge in [-0.1, -0.05) is 39.7 Å². The second kappa shape index (κ2) is 6.35. The molecule has 0 atom stereocenters. The fourth-order valence-electron chi connectivity index (χ4n) is 1.62. The molecule has 0 heterocycles. The number of hydrogen-bond acceptors (Lipinski definition) is 2. The average molecular weight is 395 g/mol. The fourth-order valence-corrected chi connectivity index (χ4v) is 3.88. The first kappa shape index (κ1) is 15.6. The maximum Gasteiger partial charge on any atom is 0.263 e. The van der Waals surface area contributed by atoms with Crippen LogP contribution in [-0.4, -0.2) is 8.42 Å². The van der Waals surface area contributed by atoms with Gasteiger partial charge >= 0.3 is 0 Å². The summed E-state index contributed by atoms with van der Waals surface area (Å²) in [6.07, 6.45) is 0. The lowest BCUT2D eigenvalue weighted by Gasteiger charge is -2.10. The highest BCUT2D eigenvalue weighted by Gasteiger charge is 2.18. The van der Waals surface area contributed by atoms with E-state index >= 15 is 0 Å². The van der Waals surface area contributed by atoms with Crippen molar-refractivity contribution in [2.45, 2.75) is 10.8 Å². The Kier molecular flexibility index (Phi) is 4.96. The number of halogens is 3. The lowest BCUT2D eigenvalue weighted by Crippen LogP contribution is -2.13. The number of rotatable bonds is 4. The number of nitrogens with one attached hydrogen (secondary N) is 1. The molecule has 0 unspecified atom stereocenters. The minimum Gasteiger partial charge on any atom is -0.280 e. The molecule has 0 fully saturated rings. The lowest BCUT2D eigenvalue weighted by atomic mass is 10.2. The molecule has 7 heteroatoms. The van der Waals surface area contributed by atoms with E-state index in [-0.39, 0.29) is 9.92 Å². The average Bonchev–Trinajstić information content (AvgIpc) is 2.37. The van der Waals surface area contributed by atoms with Crippen LogP contribution in [0.3, 0.4) is 0 Å². The van der Waals surface area contributed by atoms with Gasteiger partial charge in [0.1, 0.15) is 4.90 Å². The summed E-state index contributed by atoms with van der Waals surface area (Å²) >= 11 is 14.9. The third kappa shape index (κ3) is 3.67. The zero-order valence-corrected chi connectivity index (χ0v) is 14.0. The molecule has 0 spiro atoms. The Bertz CT molecular complexity index is 735. The minimum atomic E-state index is -3.73. The van der Waals surface area contributed by atoms with Crippen LogP contribution in [0.5, 0.6) is 0 Å². The van der Waals surface area contributed by atoms with Gasteiger partial charge in [-0.05, 0) is 35.9 Å². The Morgan fingerprint density at radius 2 is 1.90 bits per heavy atom. The largest absolute Gasteiger partial charge is 0.280 e. The molecule has 2 aromatic rings. The predicted molar refractivity (Wildman–Crippen MR) is 86.0 cm³/mol. The third-order valence-electron chi connectivity index (χ3n) is 2.52. The number of hydrogen-bond donors (Lipinski definition) is 1. The van der Waals surface area contributed by atoms with E-state index in [9.17, 15) is 8.42 Å². The molecule has 20 heavy (non-hydrogen) atoms. The van der Waals surface area contributed by atoms with Crippen molar-refractivity contribution in [3.8, 4) is 0 Å². The molecule has 0 saturated carbocycles. The van der Waals surface area contributed by atoms with Crippen LogP contribution in [0.2, 0.25) is 5.02 Å². The van der Waals surface area contributed by atoms with E-state index in [4.69, 9.17) is 23.2 Å². The van der Waals surface area contributed by atoms with E-state index in [0.29, 0.717) is 16.0 Å². The van der Waals surface area contributed by atoms with Gasteiger partial charge in [-0.15, -0.1) is 11.6 Å². The van der Waals surface area contributed by atoms with E-state index in [1.54, 1.807) is 24.3 Å². The van der Waals surface area contributed by atoms with Crippen molar-refractivity contribution in [3.63, 3.8) is 0 Å². The van der Waals surface area contributed by atoms with Gasteiger partial charge in [-0.3, -0.25) is 4.72 Å². The molecule has 1 N–H and O–H groups in total. The second-order valence-corrected chi connectivity index (χ2v) is 7.26. The second-order valence-electron chi connectivity index (χ2n) is 4.01. The van der Waals surface area contributed by atoms with Crippen LogP contribution in [0.4, 0.5) is 5.69 Å². The van der Waals surface area contributed by atoms with Crippen LogP contribution in [-0.2, 0) is 15.9 Å². The van der Waals surface area contributed by atoms with Gasteiger partial charge < -0.3 is 0 Å². The summed E-state index contributed by atoms with van der Waals surface area (Å²) in [5.41, 5.74) is 1.27. The maximum absolute atomic E-state index is 12.3. The van der Waals surface area contributed by atoms with Crippen LogP contribution in [0.25, 0.3) is 0 Å². The number of benzene rings is 2. The van der Waals surface area contributed by atoms with Crippen molar-refractivity contribution in [1.82, 2.24) is 0 Å². The van der Waals surface area contributed by atoms with E-state index in [2.05, 4.69) is 20.7 Å². The van der Waals surface area contributed by atoms with E-state index in [0.717, 1.165) is 5.56 Å². The highest BCUT2D eigenvalue weighted by atomic mass is 79.9. The normalized spacial score (nSPS) is 11.3. The van der Waals surface area contributed by atoms with Crippen LogP contribution < -0.4 is 4.72 Å². The topological polar surface area (TPSA) is 46.2 Å². The quantitative estimate of drug-likeness (QED) is 0.767. The van der Waals surface area contributed by atoms with Crippen LogP contribution in [0.1, 0.15) is 5.56 Å².